The van der Waals surface area contributed by atoms with Gasteiger partial charge in [0.15, 0.2) is 0 Å². The lowest BCUT2D eigenvalue weighted by Crippen LogP contribution is -2.31. The van der Waals surface area contributed by atoms with Gasteiger partial charge in [0.05, 0.1) is 47.1 Å². The number of hydrogen-bond acceptors (Lipinski definition) is 7. The van der Waals surface area contributed by atoms with Gasteiger partial charge in [-0.2, -0.15) is 4.39 Å². The van der Waals surface area contributed by atoms with Crippen LogP contribution in [0.15, 0.2) is 71.1 Å². The Labute approximate surface area is 265 Å². The summed E-state index contributed by atoms with van der Waals surface area (Å²) in [7, 11) is 1.31. The molecule has 1 fully saturated rings. The maximum atomic E-state index is 15.6. The highest BCUT2D eigenvalue weighted by Crippen LogP contribution is 2.32. The Morgan fingerprint density at radius 2 is 1.87 bits per heavy atom. The number of methoxy groups -OCH3 is 1. The highest BCUT2D eigenvalue weighted by atomic mass is 35.5. The van der Waals surface area contributed by atoms with Gasteiger partial charge in [0.1, 0.15) is 29.6 Å². The number of ether oxygens (including phenoxy) is 3. The zero-order valence-corrected chi connectivity index (χ0v) is 25.1. The molecule has 12 heteroatoms. The number of halogens is 4. The SMILES string of the molecule is COC(=O)c1ccc2nc(Cc3cc(F)c(-c4cccc(OCc5ccc(Cl)c6cc(F)oc56)n4)cc3F)n(C[C@@H]3CCO3)c2c1. The Morgan fingerprint density at radius 1 is 1.02 bits per heavy atom. The van der Waals surface area contributed by atoms with Crippen LogP contribution in [-0.2, 0) is 29.0 Å². The van der Waals surface area contributed by atoms with Crippen LogP contribution < -0.4 is 4.74 Å². The number of carbonyl (C=O) groups excluding carboxylic acids is 1. The molecule has 8 nitrogen and oxygen atoms in total. The van der Waals surface area contributed by atoms with E-state index in [1.54, 1.807) is 48.5 Å². The summed E-state index contributed by atoms with van der Waals surface area (Å²) in [5, 5.41) is 0.752. The minimum atomic E-state index is -0.775. The average Bonchev–Trinajstić information content (AvgIpc) is 3.59. The number of benzene rings is 3. The molecule has 1 atom stereocenters. The number of nitrogens with zero attached hydrogens (tertiary/aromatic N) is 3. The maximum Gasteiger partial charge on any atom is 0.337 e. The van der Waals surface area contributed by atoms with Gasteiger partial charge < -0.3 is 23.2 Å². The first-order chi connectivity index (χ1) is 22.3. The van der Waals surface area contributed by atoms with E-state index in [9.17, 15) is 9.18 Å². The molecule has 4 heterocycles. The molecule has 0 amide bonds. The van der Waals surface area contributed by atoms with Crippen LogP contribution in [0, 0.1) is 17.6 Å². The van der Waals surface area contributed by atoms with Crippen molar-refractivity contribution in [2.24, 2.45) is 0 Å². The summed E-state index contributed by atoms with van der Waals surface area (Å²) in [6, 6.07) is 15.6. The van der Waals surface area contributed by atoms with Crippen LogP contribution in [0.4, 0.5) is 13.2 Å². The van der Waals surface area contributed by atoms with Crippen LogP contribution in [0.25, 0.3) is 33.3 Å². The first-order valence-corrected chi connectivity index (χ1v) is 14.8. The van der Waals surface area contributed by atoms with Gasteiger partial charge in [-0.1, -0.05) is 23.7 Å². The molecule has 3 aromatic carbocycles. The maximum absolute atomic E-state index is 15.6. The van der Waals surface area contributed by atoms with Crippen molar-refractivity contribution in [1.82, 2.24) is 14.5 Å². The predicted molar refractivity (Wildman–Crippen MR) is 163 cm³/mol. The van der Waals surface area contributed by atoms with Crippen LogP contribution in [0.3, 0.4) is 0 Å². The van der Waals surface area contributed by atoms with Crippen molar-refractivity contribution in [3.05, 3.63) is 112 Å². The molecule has 3 aromatic heterocycles. The summed E-state index contributed by atoms with van der Waals surface area (Å²) in [5.41, 5.74) is 2.64. The summed E-state index contributed by atoms with van der Waals surface area (Å²) in [6.07, 6.45) is 0.806. The highest BCUT2D eigenvalue weighted by molar-refractivity contribution is 6.35. The number of furan rings is 1. The van der Waals surface area contributed by atoms with Gasteiger partial charge >= 0.3 is 5.97 Å². The molecule has 0 radical (unpaired) electrons. The summed E-state index contributed by atoms with van der Waals surface area (Å²) in [6.45, 7) is 1.07. The minimum absolute atomic E-state index is 0.00247. The third-order valence-electron chi connectivity index (χ3n) is 7.97. The van der Waals surface area contributed by atoms with E-state index in [0.717, 1.165) is 18.6 Å². The van der Waals surface area contributed by atoms with Crippen LogP contribution in [0.5, 0.6) is 5.88 Å². The van der Waals surface area contributed by atoms with E-state index in [0.29, 0.717) is 51.5 Å². The fourth-order valence-corrected chi connectivity index (χ4v) is 5.71. The lowest BCUT2D eigenvalue weighted by molar-refractivity contribution is -0.0589. The zero-order chi connectivity index (χ0) is 31.9. The van der Waals surface area contributed by atoms with Crippen molar-refractivity contribution < 1.29 is 36.6 Å². The molecule has 1 aliphatic heterocycles. The number of esters is 1. The normalized spacial score (nSPS) is 14.5. The summed E-state index contributed by atoms with van der Waals surface area (Å²) >= 11 is 6.14. The fraction of sp³-hybridized carbons (Fsp3) is 0.206. The van der Waals surface area contributed by atoms with Gasteiger partial charge in [-0.3, -0.25) is 0 Å². The number of hydrogen-bond donors (Lipinski definition) is 0. The van der Waals surface area contributed by atoms with Gasteiger partial charge in [-0.05, 0) is 54.4 Å². The first-order valence-electron chi connectivity index (χ1n) is 14.4. The zero-order valence-electron chi connectivity index (χ0n) is 24.4. The second-order valence-corrected chi connectivity index (χ2v) is 11.3. The van der Waals surface area contributed by atoms with Gasteiger partial charge in [0, 0.05) is 41.7 Å². The standard InChI is InChI=1S/C34H25ClF3N3O5/c1-43-34(42)18-6-8-28-29(12-18)41(16-21-9-10-44-21)31(39-28)13-20-11-26(37)23(14-25(20)36)27-3-2-4-32(40-27)45-17-19-5-7-24(35)22-15-30(38)46-33(19)22/h2-8,11-12,14-15,21H,9-10,13,16-17H2,1H3/t21-/m0/s1. The second kappa shape index (κ2) is 12.1. The summed E-state index contributed by atoms with van der Waals surface area (Å²) in [4.78, 5) is 21.2. The molecule has 1 aliphatic rings. The monoisotopic (exact) mass is 647 g/mol. The third kappa shape index (κ3) is 5.67. The van der Waals surface area contributed by atoms with Crippen molar-refractivity contribution in [1.29, 1.82) is 0 Å². The molecule has 1 saturated heterocycles. The van der Waals surface area contributed by atoms with Crippen molar-refractivity contribution in [3.8, 4) is 17.1 Å². The Kier molecular flexibility index (Phi) is 7.87. The van der Waals surface area contributed by atoms with Crippen molar-refractivity contribution in [3.63, 3.8) is 0 Å². The Hall–Kier alpha value is -4.87. The topological polar surface area (TPSA) is 88.6 Å². The highest BCUT2D eigenvalue weighted by Gasteiger charge is 2.24. The van der Waals surface area contributed by atoms with E-state index in [2.05, 4.69) is 9.97 Å². The molecule has 46 heavy (non-hydrogen) atoms. The Balaban J connectivity index is 1.15. The van der Waals surface area contributed by atoms with Crippen LogP contribution in [-0.4, -0.2) is 40.3 Å². The Morgan fingerprint density at radius 3 is 2.65 bits per heavy atom. The van der Waals surface area contributed by atoms with Gasteiger partial charge in [-0.15, -0.1) is 0 Å². The number of carbonyl (C=O) groups is 1. The van der Waals surface area contributed by atoms with E-state index < -0.39 is 23.6 Å². The van der Waals surface area contributed by atoms with E-state index in [1.165, 1.54) is 13.2 Å². The lowest BCUT2D eigenvalue weighted by atomic mass is 10.0. The van der Waals surface area contributed by atoms with Crippen molar-refractivity contribution >= 4 is 39.6 Å². The summed E-state index contributed by atoms with van der Waals surface area (Å²) in [5.74, 6) is -1.15. The molecule has 0 bridgehead atoms. The molecular weight excluding hydrogens is 623 g/mol. The number of rotatable bonds is 9. The van der Waals surface area contributed by atoms with E-state index in [1.807, 2.05) is 4.57 Å². The van der Waals surface area contributed by atoms with E-state index >= 15 is 8.78 Å². The molecule has 6 aromatic rings. The Bertz CT molecular complexity index is 2130. The predicted octanol–water partition coefficient (Wildman–Crippen LogP) is 7.66. The van der Waals surface area contributed by atoms with Gasteiger partial charge in [-0.25, -0.2) is 23.5 Å². The van der Waals surface area contributed by atoms with Crippen molar-refractivity contribution in [2.75, 3.05) is 13.7 Å². The smallest absolute Gasteiger partial charge is 0.337 e. The first kappa shape index (κ1) is 29.8. The lowest BCUT2D eigenvalue weighted by Gasteiger charge is -2.27. The minimum Gasteiger partial charge on any atom is -0.473 e. The van der Waals surface area contributed by atoms with Gasteiger partial charge in [0.2, 0.25) is 5.88 Å². The molecule has 0 saturated carbocycles. The number of pyridine rings is 1. The fourth-order valence-electron chi connectivity index (χ4n) is 5.51. The number of imidazole rings is 1. The second-order valence-electron chi connectivity index (χ2n) is 10.9. The molecule has 234 valence electrons. The molecule has 0 N–H and O–H groups in total. The molecule has 0 aliphatic carbocycles. The molecule has 0 unspecified atom stereocenters. The molecule has 0 spiro atoms. The van der Waals surface area contributed by atoms with Crippen LogP contribution >= 0.6 is 11.6 Å². The number of aromatic nitrogens is 3. The average molecular weight is 648 g/mol. The van der Waals surface area contributed by atoms with Crippen molar-refractivity contribution in [2.45, 2.75) is 32.1 Å². The van der Waals surface area contributed by atoms with Gasteiger partial charge in [0.25, 0.3) is 6.01 Å². The molecular formula is C34H25ClF3N3O5. The largest absolute Gasteiger partial charge is 0.473 e. The van der Waals surface area contributed by atoms with Crippen LogP contribution in [0.1, 0.15) is 33.7 Å². The van der Waals surface area contributed by atoms with E-state index in [-0.39, 0.29) is 47.4 Å². The molecule has 7 rings (SSSR count). The third-order valence-corrected chi connectivity index (χ3v) is 8.30. The summed E-state index contributed by atoms with van der Waals surface area (Å²) < 4.78 is 68.2. The number of fused-ring (bicyclic) bond motifs is 2. The van der Waals surface area contributed by atoms with E-state index in [4.69, 9.17) is 30.2 Å². The van der Waals surface area contributed by atoms with Crippen LogP contribution in [0.2, 0.25) is 5.02 Å². The quantitative estimate of drug-likeness (QED) is 0.149.